The van der Waals surface area contributed by atoms with Crippen LogP contribution in [0.2, 0.25) is 0 Å². The molecule has 1 N–H and O–H groups in total. The van der Waals surface area contributed by atoms with Gasteiger partial charge in [0.1, 0.15) is 0 Å². The second-order valence-corrected chi connectivity index (χ2v) is 5.70. The van der Waals surface area contributed by atoms with Crippen LogP contribution in [0.1, 0.15) is 11.4 Å². The van der Waals surface area contributed by atoms with Crippen molar-refractivity contribution in [2.45, 2.75) is 13.3 Å². The molecule has 0 fully saturated rings. The third kappa shape index (κ3) is 2.67. The van der Waals surface area contributed by atoms with Crippen LogP contribution in [0.4, 0.5) is 0 Å². The molecule has 0 aliphatic carbocycles. The van der Waals surface area contributed by atoms with Crippen LogP contribution in [0, 0.1) is 6.92 Å². The lowest BCUT2D eigenvalue weighted by molar-refractivity contribution is -0.136. The summed E-state index contributed by atoms with van der Waals surface area (Å²) in [6.45, 7) is 1.82. The molecule has 0 aliphatic heterocycles. The highest BCUT2D eigenvalue weighted by Crippen LogP contribution is 2.23. The van der Waals surface area contributed by atoms with Crippen molar-refractivity contribution in [1.82, 2.24) is 15.0 Å². The molecular formula is C15H12BrN3O2. The molecule has 1 aromatic heterocycles. The Morgan fingerprint density at radius 1 is 1.24 bits per heavy atom. The van der Waals surface area contributed by atoms with Gasteiger partial charge in [0.2, 0.25) is 0 Å². The highest BCUT2D eigenvalue weighted by molar-refractivity contribution is 9.10. The standard InChI is InChI=1S/C15H12BrN3O2/c1-9-14(8-15(20)21)17-18-19(9)13-5-3-10-6-12(16)4-2-11(10)7-13/h2-7H,8H2,1H3,(H,20,21). The summed E-state index contributed by atoms with van der Waals surface area (Å²) in [5.41, 5.74) is 2.10. The fourth-order valence-electron chi connectivity index (χ4n) is 2.25. The van der Waals surface area contributed by atoms with Crippen molar-refractivity contribution in [2.75, 3.05) is 0 Å². The van der Waals surface area contributed by atoms with E-state index in [1.54, 1.807) is 4.68 Å². The number of aromatic nitrogens is 3. The van der Waals surface area contributed by atoms with Crippen LogP contribution in [0.25, 0.3) is 16.5 Å². The Bertz CT molecular complexity index is 842. The number of carboxylic acid groups (broad SMARTS) is 1. The average Bonchev–Trinajstić information content (AvgIpc) is 2.79. The molecule has 106 valence electrons. The second kappa shape index (κ2) is 5.29. The predicted molar refractivity (Wildman–Crippen MR) is 82.6 cm³/mol. The predicted octanol–water partition coefficient (Wildman–Crippen LogP) is 3.12. The van der Waals surface area contributed by atoms with Crippen molar-refractivity contribution in [2.24, 2.45) is 0 Å². The van der Waals surface area contributed by atoms with Gasteiger partial charge in [-0.05, 0) is 42.0 Å². The van der Waals surface area contributed by atoms with Gasteiger partial charge in [-0.15, -0.1) is 5.10 Å². The molecule has 0 saturated carbocycles. The topological polar surface area (TPSA) is 68.0 Å². The molecule has 21 heavy (non-hydrogen) atoms. The molecule has 0 amide bonds. The maximum Gasteiger partial charge on any atom is 0.309 e. The zero-order valence-electron chi connectivity index (χ0n) is 11.2. The minimum Gasteiger partial charge on any atom is -0.481 e. The van der Waals surface area contributed by atoms with Crippen molar-refractivity contribution in [1.29, 1.82) is 0 Å². The van der Waals surface area contributed by atoms with Crippen molar-refractivity contribution in [3.8, 4) is 5.69 Å². The Hall–Kier alpha value is -2.21. The number of hydrogen-bond donors (Lipinski definition) is 1. The van der Waals surface area contributed by atoms with Gasteiger partial charge in [0.15, 0.2) is 0 Å². The number of hydrogen-bond acceptors (Lipinski definition) is 3. The monoisotopic (exact) mass is 345 g/mol. The van der Waals surface area contributed by atoms with Crippen molar-refractivity contribution >= 4 is 32.7 Å². The number of carboxylic acids is 1. The van der Waals surface area contributed by atoms with Gasteiger partial charge in [-0.3, -0.25) is 4.79 Å². The minimum atomic E-state index is -0.909. The van der Waals surface area contributed by atoms with Crippen LogP contribution in [-0.4, -0.2) is 26.1 Å². The SMILES string of the molecule is Cc1c(CC(=O)O)nnn1-c1ccc2cc(Br)ccc2c1. The molecule has 1 heterocycles. The molecule has 6 heteroatoms. The quantitative estimate of drug-likeness (QED) is 0.791. The normalized spacial score (nSPS) is 11.0. The lowest BCUT2D eigenvalue weighted by Gasteiger charge is -2.06. The molecule has 3 rings (SSSR count). The number of fused-ring (bicyclic) bond motifs is 1. The summed E-state index contributed by atoms with van der Waals surface area (Å²) in [5, 5.41) is 19.1. The van der Waals surface area contributed by atoms with Crippen LogP contribution in [-0.2, 0) is 11.2 Å². The first-order valence-electron chi connectivity index (χ1n) is 6.37. The molecule has 0 radical (unpaired) electrons. The highest BCUT2D eigenvalue weighted by atomic mass is 79.9. The van der Waals surface area contributed by atoms with E-state index in [2.05, 4.69) is 26.2 Å². The smallest absolute Gasteiger partial charge is 0.309 e. The first kappa shape index (κ1) is 13.8. The summed E-state index contributed by atoms with van der Waals surface area (Å²) >= 11 is 3.45. The number of rotatable bonds is 3. The molecular weight excluding hydrogens is 334 g/mol. The Kier molecular flexibility index (Phi) is 3.47. The van der Waals surface area contributed by atoms with Gasteiger partial charge in [-0.2, -0.15) is 0 Å². The first-order chi connectivity index (χ1) is 10.0. The number of nitrogens with zero attached hydrogens (tertiary/aromatic N) is 3. The molecule has 3 aromatic rings. The summed E-state index contributed by atoms with van der Waals surface area (Å²) < 4.78 is 2.70. The van der Waals surface area contributed by atoms with Crippen LogP contribution in [0.15, 0.2) is 40.9 Å². The summed E-state index contributed by atoms with van der Waals surface area (Å²) in [4.78, 5) is 10.8. The molecule has 0 aliphatic rings. The molecule has 5 nitrogen and oxygen atoms in total. The van der Waals surface area contributed by atoms with Crippen LogP contribution < -0.4 is 0 Å². The molecule has 0 saturated heterocycles. The zero-order chi connectivity index (χ0) is 15.0. The average molecular weight is 346 g/mol. The number of aliphatic carboxylic acids is 1. The maximum atomic E-state index is 10.8. The van der Waals surface area contributed by atoms with Gasteiger partial charge in [-0.25, -0.2) is 4.68 Å². The van der Waals surface area contributed by atoms with Gasteiger partial charge in [0.25, 0.3) is 0 Å². The second-order valence-electron chi connectivity index (χ2n) is 4.78. The molecule has 2 aromatic carbocycles. The zero-order valence-corrected chi connectivity index (χ0v) is 12.8. The van der Waals surface area contributed by atoms with E-state index in [4.69, 9.17) is 5.11 Å². The highest BCUT2D eigenvalue weighted by Gasteiger charge is 2.13. The van der Waals surface area contributed by atoms with Crippen LogP contribution in [0.3, 0.4) is 0 Å². The molecule has 0 unspecified atom stereocenters. The van der Waals surface area contributed by atoms with E-state index >= 15 is 0 Å². The fourth-order valence-corrected chi connectivity index (χ4v) is 2.63. The van der Waals surface area contributed by atoms with Gasteiger partial charge < -0.3 is 5.11 Å². The maximum absolute atomic E-state index is 10.8. The van der Waals surface area contributed by atoms with Gasteiger partial charge in [0, 0.05) is 4.47 Å². The lowest BCUT2D eigenvalue weighted by Crippen LogP contribution is -2.03. The van der Waals surface area contributed by atoms with E-state index in [0.717, 1.165) is 26.6 Å². The van der Waals surface area contributed by atoms with Gasteiger partial charge in [-0.1, -0.05) is 33.3 Å². The van der Waals surface area contributed by atoms with Gasteiger partial charge in [0.05, 0.1) is 23.5 Å². The molecule has 0 spiro atoms. The molecule has 0 atom stereocenters. The lowest BCUT2D eigenvalue weighted by atomic mass is 10.1. The molecule has 0 bridgehead atoms. The summed E-state index contributed by atoms with van der Waals surface area (Å²) in [6, 6.07) is 12.0. The largest absolute Gasteiger partial charge is 0.481 e. The van der Waals surface area contributed by atoms with E-state index < -0.39 is 5.97 Å². The summed E-state index contributed by atoms with van der Waals surface area (Å²) in [5.74, 6) is -0.909. The van der Waals surface area contributed by atoms with Crippen molar-refractivity contribution in [3.05, 3.63) is 52.3 Å². The Balaban J connectivity index is 2.06. The van der Waals surface area contributed by atoms with E-state index in [-0.39, 0.29) is 6.42 Å². The van der Waals surface area contributed by atoms with E-state index in [1.165, 1.54) is 0 Å². The van der Waals surface area contributed by atoms with Crippen molar-refractivity contribution < 1.29 is 9.90 Å². The Labute approximate surface area is 129 Å². The van der Waals surface area contributed by atoms with Crippen LogP contribution in [0.5, 0.6) is 0 Å². The number of benzene rings is 2. The minimum absolute atomic E-state index is 0.119. The Morgan fingerprint density at radius 3 is 2.71 bits per heavy atom. The van der Waals surface area contributed by atoms with E-state index in [0.29, 0.717) is 5.69 Å². The third-order valence-corrected chi connectivity index (χ3v) is 3.83. The first-order valence-corrected chi connectivity index (χ1v) is 7.16. The Morgan fingerprint density at radius 2 is 1.95 bits per heavy atom. The van der Waals surface area contributed by atoms with Gasteiger partial charge >= 0.3 is 5.97 Å². The van der Waals surface area contributed by atoms with Crippen molar-refractivity contribution in [3.63, 3.8) is 0 Å². The number of carbonyl (C=O) groups is 1. The van der Waals surface area contributed by atoms with E-state index in [1.807, 2.05) is 43.3 Å². The number of halogens is 1. The summed E-state index contributed by atoms with van der Waals surface area (Å²) in [7, 11) is 0. The van der Waals surface area contributed by atoms with Crippen LogP contribution >= 0.6 is 15.9 Å². The fraction of sp³-hybridized carbons (Fsp3) is 0.133. The summed E-state index contributed by atoms with van der Waals surface area (Å²) in [6.07, 6.45) is -0.119. The van der Waals surface area contributed by atoms with E-state index in [9.17, 15) is 4.79 Å². The third-order valence-electron chi connectivity index (χ3n) is 3.34.